The lowest BCUT2D eigenvalue weighted by Crippen LogP contribution is -2.27. The minimum Gasteiger partial charge on any atom is -0.486 e. The van der Waals surface area contributed by atoms with Crippen LogP contribution in [0, 0.1) is 0 Å². The van der Waals surface area contributed by atoms with E-state index in [0.717, 1.165) is 44.2 Å². The average Bonchev–Trinajstić information content (AvgIpc) is 2.51. The van der Waals surface area contributed by atoms with Gasteiger partial charge < -0.3 is 19.7 Å². The first kappa shape index (κ1) is 15.1. The highest BCUT2D eigenvalue weighted by molar-refractivity contribution is 5.47. The van der Waals surface area contributed by atoms with E-state index < -0.39 is 0 Å². The molecule has 1 aliphatic rings. The van der Waals surface area contributed by atoms with E-state index in [1.54, 1.807) is 0 Å². The molecule has 1 heterocycles. The molecule has 1 N–H and O–H groups in total. The zero-order valence-electron chi connectivity index (χ0n) is 12.7. The third kappa shape index (κ3) is 4.12. The SMILES string of the molecule is CCN(CC)CCCNCc1cccc2c1OCCO2. The van der Waals surface area contributed by atoms with Crippen molar-refractivity contribution in [2.45, 2.75) is 26.8 Å². The van der Waals surface area contributed by atoms with Crippen LogP contribution < -0.4 is 14.8 Å². The van der Waals surface area contributed by atoms with Gasteiger partial charge in [-0.25, -0.2) is 0 Å². The maximum Gasteiger partial charge on any atom is 0.165 e. The molecule has 1 aliphatic heterocycles. The van der Waals surface area contributed by atoms with Crippen LogP contribution in [0.4, 0.5) is 0 Å². The van der Waals surface area contributed by atoms with E-state index in [2.05, 4.69) is 30.1 Å². The monoisotopic (exact) mass is 278 g/mol. The first-order chi connectivity index (χ1) is 9.85. The fraction of sp³-hybridized carbons (Fsp3) is 0.625. The Labute approximate surface area is 122 Å². The molecule has 0 amide bonds. The molecule has 0 unspecified atom stereocenters. The van der Waals surface area contributed by atoms with E-state index in [1.807, 2.05) is 12.1 Å². The molecule has 2 rings (SSSR count). The van der Waals surface area contributed by atoms with Crippen LogP contribution in [0.3, 0.4) is 0 Å². The van der Waals surface area contributed by atoms with Crippen LogP contribution in [-0.2, 0) is 6.54 Å². The standard InChI is InChI=1S/C16H26N2O2/c1-3-18(4-2)10-6-9-17-13-14-7-5-8-15-16(14)20-12-11-19-15/h5,7-8,17H,3-4,6,9-13H2,1-2H3. The van der Waals surface area contributed by atoms with Crippen LogP contribution in [0.1, 0.15) is 25.8 Å². The lowest BCUT2D eigenvalue weighted by molar-refractivity contribution is 0.169. The fourth-order valence-corrected chi connectivity index (χ4v) is 2.46. The molecule has 0 aliphatic carbocycles. The Kier molecular flexibility index (Phi) is 6.15. The zero-order chi connectivity index (χ0) is 14.2. The molecule has 0 fully saturated rings. The van der Waals surface area contributed by atoms with Crippen molar-refractivity contribution in [2.75, 3.05) is 39.4 Å². The van der Waals surface area contributed by atoms with Crippen LogP contribution >= 0.6 is 0 Å². The third-order valence-electron chi connectivity index (χ3n) is 3.69. The molecular formula is C16H26N2O2. The summed E-state index contributed by atoms with van der Waals surface area (Å²) < 4.78 is 11.3. The maximum atomic E-state index is 5.71. The smallest absolute Gasteiger partial charge is 0.165 e. The molecule has 1 aromatic rings. The van der Waals surface area contributed by atoms with Gasteiger partial charge in [-0.3, -0.25) is 0 Å². The number of fused-ring (bicyclic) bond motifs is 1. The highest BCUT2D eigenvalue weighted by Crippen LogP contribution is 2.33. The predicted octanol–water partition coefficient (Wildman–Crippen LogP) is 2.28. The largest absolute Gasteiger partial charge is 0.486 e. The van der Waals surface area contributed by atoms with E-state index in [4.69, 9.17) is 9.47 Å². The normalized spacial score (nSPS) is 13.8. The molecule has 1 aromatic carbocycles. The summed E-state index contributed by atoms with van der Waals surface area (Å²) in [6.07, 6.45) is 1.17. The van der Waals surface area contributed by atoms with Crippen molar-refractivity contribution in [1.29, 1.82) is 0 Å². The minimum atomic E-state index is 0.645. The second-order valence-corrected chi connectivity index (χ2v) is 5.00. The van der Waals surface area contributed by atoms with E-state index in [-0.39, 0.29) is 0 Å². The van der Waals surface area contributed by atoms with Crippen molar-refractivity contribution in [2.24, 2.45) is 0 Å². The van der Waals surface area contributed by atoms with Gasteiger partial charge in [0, 0.05) is 12.1 Å². The summed E-state index contributed by atoms with van der Waals surface area (Å²) in [6.45, 7) is 11.0. The van der Waals surface area contributed by atoms with Gasteiger partial charge in [0.25, 0.3) is 0 Å². The predicted molar refractivity (Wildman–Crippen MR) is 81.5 cm³/mol. The summed E-state index contributed by atoms with van der Waals surface area (Å²) in [4.78, 5) is 2.45. The summed E-state index contributed by atoms with van der Waals surface area (Å²) in [5.41, 5.74) is 1.19. The Morgan fingerprint density at radius 1 is 1.15 bits per heavy atom. The molecule has 0 bridgehead atoms. The van der Waals surface area contributed by atoms with Crippen molar-refractivity contribution >= 4 is 0 Å². The summed E-state index contributed by atoms with van der Waals surface area (Å²) in [5, 5.41) is 3.49. The molecule has 4 heteroatoms. The van der Waals surface area contributed by atoms with Gasteiger partial charge in [-0.1, -0.05) is 26.0 Å². The molecule has 0 radical (unpaired) electrons. The molecule has 4 nitrogen and oxygen atoms in total. The van der Waals surface area contributed by atoms with Crippen molar-refractivity contribution in [3.8, 4) is 11.5 Å². The quantitative estimate of drug-likeness (QED) is 0.740. The Morgan fingerprint density at radius 3 is 2.75 bits per heavy atom. The molecule has 0 spiro atoms. The van der Waals surface area contributed by atoms with Crippen molar-refractivity contribution in [3.63, 3.8) is 0 Å². The fourth-order valence-electron chi connectivity index (χ4n) is 2.46. The topological polar surface area (TPSA) is 33.7 Å². The molecule has 20 heavy (non-hydrogen) atoms. The summed E-state index contributed by atoms with van der Waals surface area (Å²) >= 11 is 0. The number of hydrogen-bond donors (Lipinski definition) is 1. The Hall–Kier alpha value is -1.26. The number of para-hydroxylation sites is 1. The number of rotatable bonds is 8. The van der Waals surface area contributed by atoms with Crippen LogP contribution in [0.25, 0.3) is 0 Å². The van der Waals surface area contributed by atoms with Gasteiger partial charge in [-0.05, 0) is 38.7 Å². The van der Waals surface area contributed by atoms with Gasteiger partial charge in [-0.2, -0.15) is 0 Å². The van der Waals surface area contributed by atoms with E-state index >= 15 is 0 Å². The van der Waals surface area contributed by atoms with Gasteiger partial charge in [-0.15, -0.1) is 0 Å². The van der Waals surface area contributed by atoms with Crippen LogP contribution in [0.5, 0.6) is 11.5 Å². The maximum absolute atomic E-state index is 5.71. The minimum absolute atomic E-state index is 0.645. The van der Waals surface area contributed by atoms with Gasteiger partial charge >= 0.3 is 0 Å². The van der Waals surface area contributed by atoms with Crippen LogP contribution in [0.2, 0.25) is 0 Å². The van der Waals surface area contributed by atoms with Crippen LogP contribution in [-0.4, -0.2) is 44.3 Å². The average molecular weight is 278 g/mol. The first-order valence-electron chi connectivity index (χ1n) is 7.65. The Balaban J connectivity index is 1.74. The second-order valence-electron chi connectivity index (χ2n) is 5.00. The second kappa shape index (κ2) is 8.12. The summed E-state index contributed by atoms with van der Waals surface area (Å²) in [5.74, 6) is 1.79. The molecule has 112 valence electrons. The number of nitrogens with zero attached hydrogens (tertiary/aromatic N) is 1. The van der Waals surface area contributed by atoms with Gasteiger partial charge in [0.05, 0.1) is 0 Å². The molecule has 0 saturated carbocycles. The molecule has 0 saturated heterocycles. The van der Waals surface area contributed by atoms with Gasteiger partial charge in [0.1, 0.15) is 13.2 Å². The zero-order valence-corrected chi connectivity index (χ0v) is 12.7. The lowest BCUT2D eigenvalue weighted by Gasteiger charge is -2.21. The van der Waals surface area contributed by atoms with E-state index in [0.29, 0.717) is 13.2 Å². The summed E-state index contributed by atoms with van der Waals surface area (Å²) in [7, 11) is 0. The summed E-state index contributed by atoms with van der Waals surface area (Å²) in [6, 6.07) is 6.10. The van der Waals surface area contributed by atoms with Gasteiger partial charge in [0.15, 0.2) is 11.5 Å². The molecule has 0 atom stereocenters. The third-order valence-corrected chi connectivity index (χ3v) is 3.69. The lowest BCUT2D eigenvalue weighted by atomic mass is 10.1. The highest BCUT2D eigenvalue weighted by atomic mass is 16.6. The van der Waals surface area contributed by atoms with Crippen LogP contribution in [0.15, 0.2) is 18.2 Å². The van der Waals surface area contributed by atoms with E-state index in [1.165, 1.54) is 12.0 Å². The molecule has 0 aromatic heterocycles. The molecular weight excluding hydrogens is 252 g/mol. The number of ether oxygens (including phenoxy) is 2. The van der Waals surface area contributed by atoms with Crippen molar-refractivity contribution in [1.82, 2.24) is 10.2 Å². The van der Waals surface area contributed by atoms with E-state index in [9.17, 15) is 0 Å². The number of nitrogens with one attached hydrogen (secondary N) is 1. The number of benzene rings is 1. The Bertz CT molecular complexity index is 405. The van der Waals surface area contributed by atoms with Crippen molar-refractivity contribution < 1.29 is 9.47 Å². The van der Waals surface area contributed by atoms with Crippen molar-refractivity contribution in [3.05, 3.63) is 23.8 Å². The highest BCUT2D eigenvalue weighted by Gasteiger charge is 2.14. The van der Waals surface area contributed by atoms with Gasteiger partial charge in [0.2, 0.25) is 0 Å². The number of hydrogen-bond acceptors (Lipinski definition) is 4. The Morgan fingerprint density at radius 2 is 1.95 bits per heavy atom. The first-order valence-corrected chi connectivity index (χ1v) is 7.65.